The summed E-state index contributed by atoms with van der Waals surface area (Å²) in [4.78, 5) is 28.5. The maximum atomic E-state index is 13.3. The average molecular weight is 410 g/mol. The van der Waals surface area contributed by atoms with Crippen molar-refractivity contribution in [2.45, 2.75) is 39.5 Å². The van der Waals surface area contributed by atoms with Crippen LogP contribution in [0.5, 0.6) is 0 Å². The summed E-state index contributed by atoms with van der Waals surface area (Å²) in [5.74, 6) is 0. The maximum absolute atomic E-state index is 13.3. The van der Waals surface area contributed by atoms with E-state index in [0.717, 1.165) is 35.5 Å². The summed E-state index contributed by atoms with van der Waals surface area (Å²) in [7, 11) is 0. The first-order valence-corrected chi connectivity index (χ1v) is 10.3. The Hall–Kier alpha value is -2.63. The zero-order valence-electron chi connectivity index (χ0n) is 16.5. The van der Waals surface area contributed by atoms with Crippen molar-refractivity contribution in [2.75, 3.05) is 6.54 Å². The molecule has 0 spiro atoms. The Kier molecular flexibility index (Phi) is 5.69. The maximum Gasteiger partial charge on any atom is 0.331 e. The lowest BCUT2D eigenvalue weighted by Gasteiger charge is -2.30. The quantitative estimate of drug-likeness (QED) is 0.649. The molecule has 1 aliphatic heterocycles. The Morgan fingerprint density at radius 3 is 2.28 bits per heavy atom. The third-order valence-corrected chi connectivity index (χ3v) is 5.76. The van der Waals surface area contributed by atoms with Crippen LogP contribution in [0, 0.1) is 0 Å². The molecule has 0 unspecified atom stereocenters. The van der Waals surface area contributed by atoms with Crippen LogP contribution in [0.25, 0.3) is 0 Å². The van der Waals surface area contributed by atoms with Crippen molar-refractivity contribution in [1.82, 2.24) is 14.0 Å². The second kappa shape index (κ2) is 8.39. The second-order valence-corrected chi connectivity index (χ2v) is 7.85. The molecular formula is C23H24ClN3O2. The molecule has 0 atom stereocenters. The van der Waals surface area contributed by atoms with E-state index in [-0.39, 0.29) is 11.2 Å². The minimum Gasteiger partial charge on any atom is -0.297 e. The molecule has 1 aromatic heterocycles. The smallest absolute Gasteiger partial charge is 0.297 e. The fourth-order valence-electron chi connectivity index (χ4n) is 4.02. The summed E-state index contributed by atoms with van der Waals surface area (Å²) >= 11 is 5.98. The van der Waals surface area contributed by atoms with Crippen LogP contribution in [0.15, 0.2) is 64.2 Å². The summed E-state index contributed by atoms with van der Waals surface area (Å²) in [5.41, 5.74) is 3.35. The van der Waals surface area contributed by atoms with E-state index in [1.165, 1.54) is 4.57 Å². The number of benzene rings is 2. The molecule has 4 rings (SSSR count). The Morgan fingerprint density at radius 1 is 0.897 bits per heavy atom. The molecule has 0 aliphatic carbocycles. The van der Waals surface area contributed by atoms with E-state index in [0.29, 0.717) is 31.1 Å². The number of halogens is 1. The summed E-state index contributed by atoms with van der Waals surface area (Å²) in [5, 5.41) is 0.716. The zero-order valence-corrected chi connectivity index (χ0v) is 17.2. The third kappa shape index (κ3) is 4.07. The predicted octanol–water partition coefficient (Wildman–Crippen LogP) is 3.29. The van der Waals surface area contributed by atoms with E-state index in [4.69, 9.17) is 11.6 Å². The Balaban J connectivity index is 1.68. The lowest BCUT2D eigenvalue weighted by atomic mass is 10.0. The van der Waals surface area contributed by atoms with Crippen LogP contribution in [-0.2, 0) is 32.6 Å². The van der Waals surface area contributed by atoms with E-state index in [1.807, 2.05) is 61.5 Å². The highest BCUT2D eigenvalue weighted by Crippen LogP contribution is 2.18. The highest BCUT2D eigenvalue weighted by molar-refractivity contribution is 6.30. The van der Waals surface area contributed by atoms with Gasteiger partial charge in [0, 0.05) is 43.3 Å². The number of hydrogen-bond acceptors (Lipinski definition) is 3. The molecular weight excluding hydrogens is 386 g/mol. The number of aromatic nitrogens is 2. The minimum absolute atomic E-state index is 0.167. The van der Waals surface area contributed by atoms with Crippen LogP contribution in [0.4, 0.5) is 0 Å². The Bertz CT molecular complexity index is 1120. The van der Waals surface area contributed by atoms with Crippen LogP contribution >= 0.6 is 11.6 Å². The summed E-state index contributed by atoms with van der Waals surface area (Å²) in [6.45, 7) is 4.93. The van der Waals surface area contributed by atoms with E-state index in [9.17, 15) is 9.59 Å². The van der Waals surface area contributed by atoms with Gasteiger partial charge in [0.05, 0.1) is 12.1 Å². The van der Waals surface area contributed by atoms with Crippen molar-refractivity contribution < 1.29 is 0 Å². The topological polar surface area (TPSA) is 47.2 Å². The Labute approximate surface area is 174 Å². The van der Waals surface area contributed by atoms with E-state index in [2.05, 4.69) is 4.90 Å². The van der Waals surface area contributed by atoms with Crippen molar-refractivity contribution in [3.63, 3.8) is 0 Å². The van der Waals surface area contributed by atoms with E-state index >= 15 is 0 Å². The van der Waals surface area contributed by atoms with Gasteiger partial charge in [-0.05, 0) is 30.2 Å². The largest absolute Gasteiger partial charge is 0.331 e. The van der Waals surface area contributed by atoms with Gasteiger partial charge in [-0.25, -0.2) is 4.79 Å². The van der Waals surface area contributed by atoms with Crippen molar-refractivity contribution >= 4 is 11.6 Å². The first-order chi connectivity index (χ1) is 14.1. The number of fused-ring (bicyclic) bond motifs is 1. The fourth-order valence-corrected chi connectivity index (χ4v) is 4.15. The zero-order chi connectivity index (χ0) is 20.4. The first kappa shape index (κ1) is 19.7. The Morgan fingerprint density at radius 2 is 1.59 bits per heavy atom. The molecule has 29 heavy (non-hydrogen) atoms. The predicted molar refractivity (Wildman–Crippen MR) is 115 cm³/mol. The van der Waals surface area contributed by atoms with Gasteiger partial charge in [-0.2, -0.15) is 0 Å². The van der Waals surface area contributed by atoms with Crippen LogP contribution < -0.4 is 11.2 Å². The van der Waals surface area contributed by atoms with Crippen LogP contribution in [-0.4, -0.2) is 20.6 Å². The van der Waals surface area contributed by atoms with Gasteiger partial charge in [-0.15, -0.1) is 0 Å². The molecule has 5 nitrogen and oxygen atoms in total. The highest BCUT2D eigenvalue weighted by atomic mass is 35.5. The van der Waals surface area contributed by atoms with Crippen LogP contribution in [0.2, 0.25) is 5.02 Å². The van der Waals surface area contributed by atoms with Gasteiger partial charge in [0.15, 0.2) is 0 Å². The van der Waals surface area contributed by atoms with Gasteiger partial charge in [0.25, 0.3) is 5.56 Å². The third-order valence-electron chi connectivity index (χ3n) is 5.51. The monoisotopic (exact) mass is 409 g/mol. The van der Waals surface area contributed by atoms with E-state index < -0.39 is 0 Å². The average Bonchev–Trinajstić information content (AvgIpc) is 2.74. The van der Waals surface area contributed by atoms with Gasteiger partial charge in [-0.3, -0.25) is 18.8 Å². The summed E-state index contributed by atoms with van der Waals surface area (Å²) < 4.78 is 3.14. The number of rotatable bonds is 5. The fraction of sp³-hybridized carbons (Fsp3) is 0.304. The molecule has 0 saturated carbocycles. The standard InChI is InChI=1S/C23H24ClN3O2/c1-2-26-21-12-13-25(14-18-8-10-19(24)11-9-18)16-20(21)22(28)27(23(26)29)15-17-6-4-3-5-7-17/h3-11H,2,12-16H2,1H3. The number of hydrogen-bond donors (Lipinski definition) is 0. The number of nitrogens with zero attached hydrogens (tertiary/aromatic N) is 3. The van der Waals surface area contributed by atoms with Gasteiger partial charge in [0.2, 0.25) is 0 Å². The van der Waals surface area contributed by atoms with E-state index in [1.54, 1.807) is 4.57 Å². The van der Waals surface area contributed by atoms with Gasteiger partial charge in [0.1, 0.15) is 0 Å². The van der Waals surface area contributed by atoms with Crippen molar-refractivity contribution in [1.29, 1.82) is 0 Å². The van der Waals surface area contributed by atoms with Crippen LogP contribution in [0.3, 0.4) is 0 Å². The SMILES string of the molecule is CCn1c2c(c(=O)n(Cc3ccccc3)c1=O)CN(Cc1ccc(Cl)cc1)CC2. The first-order valence-electron chi connectivity index (χ1n) is 9.93. The lowest BCUT2D eigenvalue weighted by Crippen LogP contribution is -2.47. The molecule has 1 aliphatic rings. The van der Waals surface area contributed by atoms with Crippen LogP contribution in [0.1, 0.15) is 29.3 Å². The summed E-state index contributed by atoms with van der Waals surface area (Å²) in [6.07, 6.45) is 0.702. The molecule has 6 heteroatoms. The van der Waals surface area contributed by atoms with Crippen molar-refractivity contribution in [2.24, 2.45) is 0 Å². The van der Waals surface area contributed by atoms with Gasteiger partial charge >= 0.3 is 5.69 Å². The van der Waals surface area contributed by atoms with Gasteiger partial charge < -0.3 is 0 Å². The summed E-state index contributed by atoms with van der Waals surface area (Å²) in [6, 6.07) is 17.4. The molecule has 0 amide bonds. The molecule has 3 aromatic rings. The second-order valence-electron chi connectivity index (χ2n) is 7.42. The molecule has 2 heterocycles. The van der Waals surface area contributed by atoms with Crippen molar-refractivity contribution in [3.05, 3.63) is 103 Å². The highest BCUT2D eigenvalue weighted by Gasteiger charge is 2.25. The van der Waals surface area contributed by atoms with Crippen molar-refractivity contribution in [3.8, 4) is 0 Å². The molecule has 0 fully saturated rings. The molecule has 0 radical (unpaired) electrons. The molecule has 150 valence electrons. The van der Waals surface area contributed by atoms with Gasteiger partial charge in [-0.1, -0.05) is 54.1 Å². The molecule has 0 saturated heterocycles. The minimum atomic E-state index is -0.216. The normalized spacial score (nSPS) is 14.0. The molecule has 2 aromatic carbocycles. The lowest BCUT2D eigenvalue weighted by molar-refractivity contribution is 0.236. The molecule has 0 bridgehead atoms. The molecule has 0 N–H and O–H groups in total.